The number of fused-ring (bicyclic) bond motifs is 1. The van der Waals surface area contributed by atoms with E-state index < -0.39 is 17.8 Å². The van der Waals surface area contributed by atoms with E-state index in [1.165, 1.54) is 12.4 Å². The van der Waals surface area contributed by atoms with Crippen molar-refractivity contribution < 1.29 is 22.7 Å². The van der Waals surface area contributed by atoms with Crippen LogP contribution in [0, 0.1) is 0 Å². The highest BCUT2D eigenvalue weighted by molar-refractivity contribution is 5.93. The van der Waals surface area contributed by atoms with Crippen LogP contribution in [0.5, 0.6) is 0 Å². The summed E-state index contributed by atoms with van der Waals surface area (Å²) >= 11 is 0. The largest absolute Gasteiger partial charge is 0.416 e. The molecule has 1 aromatic heterocycles. The number of likely N-dealkylation sites (tertiary alicyclic amines) is 1. The summed E-state index contributed by atoms with van der Waals surface area (Å²) < 4.78 is 45.5. The fraction of sp³-hybridized carbons (Fsp3) is 0.625. The number of rotatable bonds is 6. The van der Waals surface area contributed by atoms with Crippen LogP contribution in [-0.2, 0) is 15.7 Å². The lowest BCUT2D eigenvalue weighted by Gasteiger charge is -2.43. The highest BCUT2D eigenvalue weighted by atomic mass is 19.4. The van der Waals surface area contributed by atoms with Gasteiger partial charge in [-0.1, -0.05) is 0 Å². The summed E-state index contributed by atoms with van der Waals surface area (Å²) in [5.74, 6) is 0.170. The van der Waals surface area contributed by atoms with Gasteiger partial charge in [0.1, 0.15) is 18.2 Å². The lowest BCUT2D eigenvalue weighted by molar-refractivity contribution is -0.137. The number of carbonyl (C=O) groups is 1. The summed E-state index contributed by atoms with van der Waals surface area (Å²) in [6.07, 6.45) is 0.000543. The van der Waals surface area contributed by atoms with E-state index in [-0.39, 0.29) is 29.3 Å². The Bertz CT molecular complexity index is 1030. The average molecular weight is 480 g/mol. The van der Waals surface area contributed by atoms with Gasteiger partial charge in [0, 0.05) is 31.1 Å². The van der Waals surface area contributed by atoms with Crippen LogP contribution in [0.3, 0.4) is 0 Å². The molecule has 1 saturated heterocycles. The molecule has 0 bridgehead atoms. The molecular weight excluding hydrogens is 447 g/mol. The molecule has 1 aliphatic carbocycles. The third-order valence-electron chi connectivity index (χ3n) is 7.34. The number of carbonyl (C=O) groups excluding carboxylic acids is 1. The van der Waals surface area contributed by atoms with Gasteiger partial charge in [0.25, 0.3) is 0 Å². The molecule has 1 aromatic carbocycles. The van der Waals surface area contributed by atoms with Crippen molar-refractivity contribution in [3.63, 3.8) is 0 Å². The molecule has 1 saturated carbocycles. The number of hydrogen-bond donors (Lipinski definition) is 1. The summed E-state index contributed by atoms with van der Waals surface area (Å²) in [6, 6.07) is 3.62. The van der Waals surface area contributed by atoms with E-state index in [0.29, 0.717) is 30.6 Å². The fourth-order valence-electron chi connectivity index (χ4n) is 5.17. The molecule has 34 heavy (non-hydrogen) atoms. The smallest absolute Gasteiger partial charge is 0.379 e. The number of nitrogens with zero attached hydrogens (tertiary/aromatic N) is 4. The minimum atomic E-state index is -4.47. The van der Waals surface area contributed by atoms with Crippen molar-refractivity contribution in [1.29, 1.82) is 0 Å². The maximum absolute atomic E-state index is 13.3. The first-order chi connectivity index (χ1) is 16.1. The molecule has 1 amide bonds. The van der Waals surface area contributed by atoms with Crippen molar-refractivity contribution in [2.24, 2.45) is 0 Å². The van der Waals surface area contributed by atoms with Crippen molar-refractivity contribution in [2.75, 3.05) is 26.0 Å². The predicted octanol–water partition coefficient (Wildman–Crippen LogP) is 3.94. The molecule has 1 unspecified atom stereocenters. The number of anilines is 1. The normalized spacial score (nSPS) is 26.1. The number of nitrogens with one attached hydrogen (secondary N) is 1. The zero-order valence-corrected chi connectivity index (χ0v) is 20.0. The fourth-order valence-corrected chi connectivity index (χ4v) is 5.17. The molecule has 0 spiro atoms. The number of aromatic nitrogens is 2. The number of methoxy groups -OCH3 is 1. The highest BCUT2D eigenvalue weighted by Gasteiger charge is 2.43. The summed E-state index contributed by atoms with van der Waals surface area (Å²) in [5.41, 5.74) is -0.386. The van der Waals surface area contributed by atoms with Crippen LogP contribution in [-0.4, -0.2) is 76.6 Å². The molecule has 186 valence electrons. The molecular formula is C24H32F3N5O2. The van der Waals surface area contributed by atoms with Gasteiger partial charge < -0.3 is 19.9 Å². The minimum absolute atomic E-state index is 0.0138. The van der Waals surface area contributed by atoms with Crippen molar-refractivity contribution in [3.05, 3.63) is 30.1 Å². The second kappa shape index (κ2) is 9.65. The van der Waals surface area contributed by atoms with Crippen molar-refractivity contribution in [3.8, 4) is 0 Å². The predicted molar refractivity (Wildman–Crippen MR) is 123 cm³/mol. The molecule has 1 N–H and O–H groups in total. The standard InChI is InChI=1S/C24H32F3N5O2/c1-14(2)31(3)16-6-8-20(21(12-16)34-4)32-10-9-19(23(32)33)30-22-17-11-15(24(25,26)27)5-7-18(17)28-13-29-22/h5,7,11,13-14,16,19-21H,6,8-10,12H2,1-4H3,(H,28,29,30)/t16-,19?,20+,21-/m1/s1. The zero-order chi connectivity index (χ0) is 24.6. The van der Waals surface area contributed by atoms with Crippen molar-refractivity contribution in [2.45, 2.75) is 76.0 Å². The zero-order valence-electron chi connectivity index (χ0n) is 20.0. The van der Waals surface area contributed by atoms with Crippen molar-refractivity contribution in [1.82, 2.24) is 19.8 Å². The lowest BCUT2D eigenvalue weighted by atomic mass is 9.86. The maximum atomic E-state index is 13.3. The third-order valence-corrected chi connectivity index (χ3v) is 7.34. The van der Waals surface area contributed by atoms with Gasteiger partial charge in [-0.25, -0.2) is 9.97 Å². The molecule has 10 heteroatoms. The van der Waals surface area contributed by atoms with Crippen molar-refractivity contribution >= 4 is 22.6 Å². The molecule has 7 nitrogen and oxygen atoms in total. The summed E-state index contributed by atoms with van der Waals surface area (Å²) in [4.78, 5) is 25.8. The van der Waals surface area contributed by atoms with Gasteiger partial charge in [-0.2, -0.15) is 13.2 Å². The summed E-state index contributed by atoms with van der Waals surface area (Å²) in [7, 11) is 3.82. The van der Waals surface area contributed by atoms with Crippen LogP contribution in [0.1, 0.15) is 45.1 Å². The molecule has 2 fully saturated rings. The van der Waals surface area contributed by atoms with E-state index in [1.54, 1.807) is 7.11 Å². The van der Waals surface area contributed by atoms with Gasteiger partial charge >= 0.3 is 6.18 Å². The van der Waals surface area contributed by atoms with Gasteiger partial charge in [-0.3, -0.25) is 4.79 Å². The quantitative estimate of drug-likeness (QED) is 0.677. The second-order valence-corrected chi connectivity index (χ2v) is 9.54. The molecule has 0 radical (unpaired) electrons. The van der Waals surface area contributed by atoms with E-state index in [0.717, 1.165) is 31.4 Å². The average Bonchev–Trinajstić information content (AvgIpc) is 3.17. The number of amides is 1. The molecule has 2 aliphatic rings. The van der Waals surface area contributed by atoms with Crippen LogP contribution >= 0.6 is 0 Å². The summed E-state index contributed by atoms with van der Waals surface area (Å²) in [6.45, 7) is 4.91. The highest BCUT2D eigenvalue weighted by Crippen LogP contribution is 2.34. The number of alkyl halides is 3. The minimum Gasteiger partial charge on any atom is -0.379 e. The molecule has 4 atom stereocenters. The topological polar surface area (TPSA) is 70.6 Å². The Morgan fingerprint density at radius 1 is 1.21 bits per heavy atom. The van der Waals surface area contributed by atoms with E-state index in [2.05, 4.69) is 41.1 Å². The Balaban J connectivity index is 1.49. The maximum Gasteiger partial charge on any atom is 0.416 e. The monoisotopic (exact) mass is 479 g/mol. The second-order valence-electron chi connectivity index (χ2n) is 9.54. The van der Waals surface area contributed by atoms with Gasteiger partial charge in [-0.15, -0.1) is 0 Å². The SMILES string of the molecule is CO[C@@H]1C[C@H](N(C)C(C)C)CC[C@@H]1N1CCC(Nc2ncnc3ccc(C(F)(F)F)cc23)C1=O. The Morgan fingerprint density at radius 2 is 1.97 bits per heavy atom. The Morgan fingerprint density at radius 3 is 2.65 bits per heavy atom. The molecule has 2 aromatic rings. The Kier molecular flexibility index (Phi) is 7.00. The first kappa shape index (κ1) is 24.7. The first-order valence-electron chi connectivity index (χ1n) is 11.7. The first-order valence-corrected chi connectivity index (χ1v) is 11.7. The molecule has 4 rings (SSSR count). The summed E-state index contributed by atoms with van der Waals surface area (Å²) in [5, 5.41) is 3.34. The van der Waals surface area contributed by atoms with Crippen LogP contribution in [0.25, 0.3) is 10.9 Å². The van der Waals surface area contributed by atoms with Crippen LogP contribution < -0.4 is 5.32 Å². The van der Waals surface area contributed by atoms with E-state index in [1.807, 2.05) is 4.90 Å². The van der Waals surface area contributed by atoms with Crippen LogP contribution in [0.15, 0.2) is 24.5 Å². The van der Waals surface area contributed by atoms with Gasteiger partial charge in [-0.05, 0) is 64.8 Å². The number of ether oxygens (including phenoxy) is 1. The van der Waals surface area contributed by atoms with E-state index in [9.17, 15) is 18.0 Å². The lowest BCUT2D eigenvalue weighted by Crippen LogP contribution is -2.53. The van der Waals surface area contributed by atoms with E-state index in [4.69, 9.17) is 4.74 Å². The van der Waals surface area contributed by atoms with Gasteiger partial charge in [0.2, 0.25) is 5.91 Å². The number of halogens is 3. The Labute approximate surface area is 197 Å². The van der Waals surface area contributed by atoms with Gasteiger partial charge in [0.05, 0.1) is 23.2 Å². The Hall–Kier alpha value is -2.46. The van der Waals surface area contributed by atoms with Gasteiger partial charge in [0.15, 0.2) is 0 Å². The molecule has 1 aliphatic heterocycles. The van der Waals surface area contributed by atoms with Crippen LogP contribution in [0.4, 0.5) is 19.0 Å². The third kappa shape index (κ3) is 4.84. The van der Waals surface area contributed by atoms with E-state index >= 15 is 0 Å². The number of benzene rings is 1. The number of hydrogen-bond acceptors (Lipinski definition) is 6. The van der Waals surface area contributed by atoms with Crippen LogP contribution in [0.2, 0.25) is 0 Å². The molecule has 2 heterocycles.